The van der Waals surface area contributed by atoms with Gasteiger partial charge in [0.15, 0.2) is 6.23 Å². The van der Waals surface area contributed by atoms with E-state index in [0.29, 0.717) is 11.2 Å². The van der Waals surface area contributed by atoms with Crippen LogP contribution in [0.5, 0.6) is 0 Å². The molecule has 0 N–H and O–H groups in total. The van der Waals surface area contributed by atoms with E-state index >= 15 is 0 Å². The molecule has 2 aliphatic rings. The molecule has 0 aromatic carbocycles. The van der Waals surface area contributed by atoms with Gasteiger partial charge in [-0.15, -0.1) is 0 Å². The van der Waals surface area contributed by atoms with Gasteiger partial charge in [-0.05, 0) is 12.0 Å². The zero-order valence-corrected chi connectivity index (χ0v) is 8.62. The smallest absolute Gasteiger partial charge is 0.154 e. The lowest BCUT2D eigenvalue weighted by Gasteiger charge is -2.26. The quantitative estimate of drug-likeness (QED) is 0.410. The van der Waals surface area contributed by atoms with Gasteiger partial charge in [0, 0.05) is 6.20 Å². The Morgan fingerprint density at radius 2 is 2.50 bits per heavy atom. The second-order valence-corrected chi connectivity index (χ2v) is 3.96. The first-order valence-electron chi connectivity index (χ1n) is 4.23. The maximum absolute atomic E-state index is 5.23. The predicted molar refractivity (Wildman–Crippen MR) is 51.8 cm³/mol. The zero-order valence-electron chi connectivity index (χ0n) is 7.03. The van der Waals surface area contributed by atoms with Crippen molar-refractivity contribution in [1.82, 2.24) is 4.90 Å². The molecule has 1 fully saturated rings. The van der Waals surface area contributed by atoms with E-state index in [4.69, 9.17) is 4.74 Å². The van der Waals surface area contributed by atoms with Crippen LogP contribution in [0.4, 0.5) is 0 Å². The number of halogens is 1. The van der Waals surface area contributed by atoms with E-state index in [1.165, 1.54) is 5.57 Å². The number of allylic oxidation sites excluding steroid dienone is 2. The number of hydrogen-bond acceptors (Lipinski definition) is 2. The lowest BCUT2D eigenvalue weighted by Crippen LogP contribution is -2.29. The molecule has 1 saturated heterocycles. The molecule has 2 aliphatic heterocycles. The van der Waals surface area contributed by atoms with Gasteiger partial charge in [0.2, 0.25) is 0 Å². The van der Waals surface area contributed by atoms with Gasteiger partial charge in [-0.3, -0.25) is 0 Å². The number of ether oxygens (including phenoxy) is 1. The lowest BCUT2D eigenvalue weighted by atomic mass is 10.1. The second-order valence-electron chi connectivity index (χ2n) is 3.02. The minimum Gasteiger partial charge on any atom is -0.351 e. The summed E-state index contributed by atoms with van der Waals surface area (Å²) in [6.45, 7) is 3.03. The van der Waals surface area contributed by atoms with E-state index < -0.39 is 0 Å². The van der Waals surface area contributed by atoms with Crippen LogP contribution in [0.2, 0.25) is 0 Å². The van der Waals surface area contributed by atoms with Crippen LogP contribution in [-0.2, 0) is 4.74 Å². The Hall–Kier alpha value is -0.280. The van der Waals surface area contributed by atoms with Crippen molar-refractivity contribution in [3.63, 3.8) is 0 Å². The number of nitrogens with zero attached hydrogens (tertiary/aromatic N) is 1. The number of alkyl halides is 1. The number of rotatable bonds is 2. The summed E-state index contributed by atoms with van der Waals surface area (Å²) in [4.78, 5) is 2.51. The third-order valence-electron chi connectivity index (χ3n) is 2.13. The summed E-state index contributed by atoms with van der Waals surface area (Å²) >= 11 is 3.57. The van der Waals surface area contributed by atoms with Crippen molar-refractivity contribution in [2.45, 2.75) is 24.5 Å². The summed E-state index contributed by atoms with van der Waals surface area (Å²) in [5, 5.41) is 0. The molecule has 2 rings (SSSR count). The van der Waals surface area contributed by atoms with Gasteiger partial charge in [0.25, 0.3) is 0 Å². The van der Waals surface area contributed by atoms with Gasteiger partial charge in [-0.25, -0.2) is 0 Å². The molecule has 0 radical (unpaired) electrons. The van der Waals surface area contributed by atoms with E-state index in [1.807, 2.05) is 0 Å². The van der Waals surface area contributed by atoms with Crippen molar-refractivity contribution in [1.29, 1.82) is 0 Å². The van der Waals surface area contributed by atoms with Crippen LogP contribution in [0.1, 0.15) is 13.3 Å². The molecule has 0 aromatic heterocycles. The number of hydrogen-bond donors (Lipinski definition) is 0. The monoisotopic (exact) mass is 229 g/mol. The van der Waals surface area contributed by atoms with E-state index in [9.17, 15) is 0 Å². The highest BCUT2D eigenvalue weighted by atomic mass is 79.9. The Labute approximate surface area is 81.0 Å². The minimum absolute atomic E-state index is 0.306. The molecular weight excluding hydrogens is 218 g/mol. The minimum atomic E-state index is 0.306. The molecule has 2 nitrogen and oxygen atoms in total. The van der Waals surface area contributed by atoms with Gasteiger partial charge in [-0.2, -0.15) is 0 Å². The first-order valence-corrected chi connectivity index (χ1v) is 5.15. The van der Waals surface area contributed by atoms with Gasteiger partial charge >= 0.3 is 0 Å². The largest absolute Gasteiger partial charge is 0.351 e. The van der Waals surface area contributed by atoms with Crippen LogP contribution >= 0.6 is 15.9 Å². The molecule has 2 atom stereocenters. The highest BCUT2D eigenvalue weighted by Crippen LogP contribution is 2.27. The Morgan fingerprint density at radius 1 is 1.75 bits per heavy atom. The van der Waals surface area contributed by atoms with E-state index in [2.05, 4.69) is 46.1 Å². The van der Waals surface area contributed by atoms with Crippen LogP contribution in [0.25, 0.3) is 0 Å². The van der Waals surface area contributed by atoms with Crippen molar-refractivity contribution in [3.05, 3.63) is 23.9 Å². The average molecular weight is 230 g/mol. The maximum atomic E-state index is 5.23. The predicted octanol–water partition coefficient (Wildman–Crippen LogP) is 2.23. The molecule has 0 aromatic rings. The van der Waals surface area contributed by atoms with Crippen LogP contribution in [0.15, 0.2) is 23.9 Å². The Bertz CT molecular complexity index is 233. The summed E-state index contributed by atoms with van der Waals surface area (Å²) < 4.78 is 5.23. The molecule has 0 saturated carbocycles. The average Bonchev–Trinajstić information content (AvgIpc) is 2.88. The summed E-state index contributed by atoms with van der Waals surface area (Å²) in [7, 11) is 0. The van der Waals surface area contributed by atoms with Gasteiger partial charge in [0.1, 0.15) is 4.95 Å². The highest BCUT2D eigenvalue weighted by Gasteiger charge is 2.32. The van der Waals surface area contributed by atoms with Crippen molar-refractivity contribution in [2.24, 2.45) is 0 Å². The fraction of sp³-hybridized carbons (Fsp3) is 0.556. The zero-order chi connectivity index (χ0) is 8.55. The molecular formula is C9H12BrNO. The SMILES string of the molecule is CCC1=CN(C2CO2)C(Br)C=C1. The molecule has 0 bridgehead atoms. The summed E-state index contributed by atoms with van der Waals surface area (Å²) in [6, 6.07) is 0. The van der Waals surface area contributed by atoms with Crippen molar-refractivity contribution in [3.8, 4) is 0 Å². The standard InChI is InChI=1S/C9H12BrNO/c1-2-7-3-4-8(10)11(5-7)9-6-12-9/h3-5,8-9H,2,6H2,1H3. The van der Waals surface area contributed by atoms with Crippen molar-refractivity contribution in [2.75, 3.05) is 6.61 Å². The van der Waals surface area contributed by atoms with Crippen LogP contribution in [-0.4, -0.2) is 22.7 Å². The van der Waals surface area contributed by atoms with E-state index in [-0.39, 0.29) is 0 Å². The normalized spacial score (nSPS) is 33.5. The summed E-state index contributed by atoms with van der Waals surface area (Å²) in [6.07, 6.45) is 7.89. The van der Waals surface area contributed by atoms with E-state index in [1.54, 1.807) is 0 Å². The second kappa shape index (κ2) is 3.23. The van der Waals surface area contributed by atoms with Gasteiger partial charge in [-0.1, -0.05) is 35.0 Å². The molecule has 66 valence electrons. The molecule has 12 heavy (non-hydrogen) atoms. The Morgan fingerprint density at radius 3 is 3.08 bits per heavy atom. The van der Waals surface area contributed by atoms with Crippen LogP contribution in [0, 0.1) is 0 Å². The number of epoxide rings is 1. The van der Waals surface area contributed by atoms with Crippen molar-refractivity contribution < 1.29 is 4.74 Å². The third-order valence-corrected chi connectivity index (χ3v) is 2.90. The van der Waals surface area contributed by atoms with Crippen LogP contribution in [0.3, 0.4) is 0 Å². The first kappa shape index (κ1) is 8.32. The maximum Gasteiger partial charge on any atom is 0.154 e. The Kier molecular flexibility index (Phi) is 2.24. The molecule has 2 heterocycles. The topological polar surface area (TPSA) is 15.8 Å². The molecule has 0 spiro atoms. The molecule has 0 amide bonds. The van der Waals surface area contributed by atoms with Gasteiger partial charge in [0.05, 0.1) is 6.61 Å². The molecule has 2 unspecified atom stereocenters. The van der Waals surface area contributed by atoms with E-state index in [0.717, 1.165) is 13.0 Å². The highest BCUT2D eigenvalue weighted by molar-refractivity contribution is 9.09. The van der Waals surface area contributed by atoms with Gasteiger partial charge < -0.3 is 9.64 Å². The third kappa shape index (κ3) is 1.57. The lowest BCUT2D eigenvalue weighted by molar-refractivity contribution is 0.241. The van der Waals surface area contributed by atoms with Crippen molar-refractivity contribution >= 4 is 15.9 Å². The summed E-state index contributed by atoms with van der Waals surface area (Å²) in [5.41, 5.74) is 1.36. The molecule has 3 heteroatoms. The fourth-order valence-electron chi connectivity index (χ4n) is 1.27. The fourth-order valence-corrected chi connectivity index (χ4v) is 1.81. The first-order chi connectivity index (χ1) is 5.81. The van der Waals surface area contributed by atoms with Crippen LogP contribution < -0.4 is 0 Å². The summed E-state index contributed by atoms with van der Waals surface area (Å²) in [5.74, 6) is 0. The Balaban J connectivity index is 2.10. The molecule has 0 aliphatic carbocycles.